The van der Waals surface area contributed by atoms with Gasteiger partial charge >= 0.3 is 6.61 Å². The number of carbonyl (C=O) groups excluding carboxylic acids is 1. The monoisotopic (exact) mass is 292 g/mol. The van der Waals surface area contributed by atoms with E-state index in [1.165, 1.54) is 12.3 Å². The highest BCUT2D eigenvalue weighted by molar-refractivity contribution is 5.93. The van der Waals surface area contributed by atoms with E-state index in [-0.39, 0.29) is 18.2 Å². The van der Waals surface area contributed by atoms with Gasteiger partial charge in [0.1, 0.15) is 5.75 Å². The Balaban J connectivity index is 2.02. The van der Waals surface area contributed by atoms with Crippen molar-refractivity contribution in [3.63, 3.8) is 0 Å². The standard InChI is InChI=1S/C15H14F2N2O2/c1-10-6-7-12(9-18-10)14(20)19-8-11-4-2-3-5-13(11)21-15(16)17/h2-7,9,15H,8H2,1H3,(H,19,20). The van der Waals surface area contributed by atoms with Crippen LogP contribution in [0.5, 0.6) is 5.75 Å². The minimum absolute atomic E-state index is 0.0508. The maximum atomic E-state index is 12.3. The third-order valence-corrected chi connectivity index (χ3v) is 2.80. The lowest BCUT2D eigenvalue weighted by atomic mass is 10.2. The molecule has 0 saturated carbocycles. The smallest absolute Gasteiger partial charge is 0.387 e. The molecule has 0 unspecified atom stereocenters. The number of amides is 1. The van der Waals surface area contributed by atoms with Gasteiger partial charge in [-0.05, 0) is 25.1 Å². The molecular weight excluding hydrogens is 278 g/mol. The molecule has 0 bridgehead atoms. The SMILES string of the molecule is Cc1ccc(C(=O)NCc2ccccc2OC(F)F)cn1. The maximum Gasteiger partial charge on any atom is 0.387 e. The molecule has 4 nitrogen and oxygen atoms in total. The van der Waals surface area contributed by atoms with Crippen molar-refractivity contribution in [2.75, 3.05) is 0 Å². The Morgan fingerprint density at radius 3 is 2.71 bits per heavy atom. The molecule has 1 amide bonds. The number of aromatic nitrogens is 1. The summed E-state index contributed by atoms with van der Waals surface area (Å²) in [4.78, 5) is 16.0. The summed E-state index contributed by atoms with van der Waals surface area (Å²) in [6, 6.07) is 9.70. The molecule has 0 aliphatic heterocycles. The molecular formula is C15H14F2N2O2. The minimum Gasteiger partial charge on any atom is -0.434 e. The van der Waals surface area contributed by atoms with Gasteiger partial charge in [-0.1, -0.05) is 18.2 Å². The van der Waals surface area contributed by atoms with Crippen LogP contribution in [0.25, 0.3) is 0 Å². The van der Waals surface area contributed by atoms with Crippen molar-refractivity contribution >= 4 is 5.91 Å². The summed E-state index contributed by atoms with van der Waals surface area (Å²) in [5.41, 5.74) is 1.70. The zero-order valence-electron chi connectivity index (χ0n) is 11.3. The second-order valence-corrected chi connectivity index (χ2v) is 4.36. The normalized spacial score (nSPS) is 10.5. The van der Waals surface area contributed by atoms with E-state index in [2.05, 4.69) is 15.0 Å². The molecule has 0 atom stereocenters. The van der Waals surface area contributed by atoms with E-state index >= 15 is 0 Å². The van der Waals surface area contributed by atoms with E-state index in [4.69, 9.17) is 0 Å². The first-order chi connectivity index (χ1) is 10.1. The van der Waals surface area contributed by atoms with Crippen molar-refractivity contribution in [1.29, 1.82) is 0 Å². The molecule has 2 rings (SSSR count). The fraction of sp³-hybridized carbons (Fsp3) is 0.200. The van der Waals surface area contributed by atoms with Gasteiger partial charge in [0, 0.05) is 24.0 Å². The summed E-state index contributed by atoms with van der Waals surface area (Å²) in [5.74, 6) is -0.274. The predicted molar refractivity (Wildman–Crippen MR) is 73.2 cm³/mol. The largest absolute Gasteiger partial charge is 0.434 e. The Kier molecular flexibility index (Phi) is 4.81. The molecule has 0 saturated heterocycles. The molecule has 6 heteroatoms. The lowest BCUT2D eigenvalue weighted by Gasteiger charge is -2.11. The number of carbonyl (C=O) groups is 1. The first-order valence-electron chi connectivity index (χ1n) is 6.30. The number of halogens is 2. The molecule has 110 valence electrons. The highest BCUT2D eigenvalue weighted by atomic mass is 19.3. The van der Waals surface area contributed by atoms with Crippen LogP contribution in [0.4, 0.5) is 8.78 Å². The molecule has 2 aromatic rings. The van der Waals surface area contributed by atoms with Crippen LogP contribution < -0.4 is 10.1 Å². The lowest BCUT2D eigenvalue weighted by Crippen LogP contribution is -2.23. The summed E-state index contributed by atoms with van der Waals surface area (Å²) in [6.07, 6.45) is 1.46. The Bertz CT molecular complexity index is 615. The average molecular weight is 292 g/mol. The lowest BCUT2D eigenvalue weighted by molar-refractivity contribution is -0.0504. The van der Waals surface area contributed by atoms with E-state index < -0.39 is 6.61 Å². The highest BCUT2D eigenvalue weighted by Gasteiger charge is 2.11. The predicted octanol–water partition coefficient (Wildman–Crippen LogP) is 2.92. The van der Waals surface area contributed by atoms with Crippen LogP contribution in [0.15, 0.2) is 42.6 Å². The van der Waals surface area contributed by atoms with Crippen molar-refractivity contribution in [3.8, 4) is 5.75 Å². The van der Waals surface area contributed by atoms with E-state index in [0.717, 1.165) is 5.69 Å². The molecule has 0 fully saturated rings. The molecule has 1 N–H and O–H groups in total. The summed E-state index contributed by atoms with van der Waals surface area (Å²) in [6.45, 7) is -0.988. The van der Waals surface area contributed by atoms with Gasteiger partial charge in [-0.15, -0.1) is 0 Å². The van der Waals surface area contributed by atoms with Gasteiger partial charge in [-0.2, -0.15) is 8.78 Å². The quantitative estimate of drug-likeness (QED) is 0.922. The van der Waals surface area contributed by atoms with E-state index in [1.807, 2.05) is 6.92 Å². The van der Waals surface area contributed by atoms with Gasteiger partial charge in [0.15, 0.2) is 0 Å². The number of benzene rings is 1. The average Bonchev–Trinajstić information content (AvgIpc) is 2.46. The van der Waals surface area contributed by atoms with Crippen molar-refractivity contribution in [2.24, 2.45) is 0 Å². The van der Waals surface area contributed by atoms with Gasteiger partial charge < -0.3 is 10.1 Å². The second-order valence-electron chi connectivity index (χ2n) is 4.36. The first-order valence-corrected chi connectivity index (χ1v) is 6.30. The topological polar surface area (TPSA) is 51.2 Å². The van der Waals surface area contributed by atoms with Crippen LogP contribution in [-0.4, -0.2) is 17.5 Å². The van der Waals surface area contributed by atoms with Crippen LogP contribution in [-0.2, 0) is 6.54 Å². The van der Waals surface area contributed by atoms with Gasteiger partial charge in [0.25, 0.3) is 5.91 Å². The van der Waals surface area contributed by atoms with Crippen molar-refractivity contribution in [1.82, 2.24) is 10.3 Å². The van der Waals surface area contributed by atoms with E-state index in [9.17, 15) is 13.6 Å². The molecule has 0 aliphatic rings. The van der Waals surface area contributed by atoms with Crippen LogP contribution in [0.1, 0.15) is 21.6 Å². The minimum atomic E-state index is -2.90. The number of nitrogens with one attached hydrogen (secondary N) is 1. The summed E-state index contributed by atoms with van der Waals surface area (Å²) in [5, 5.41) is 2.64. The molecule has 0 aliphatic carbocycles. The zero-order valence-corrected chi connectivity index (χ0v) is 11.3. The number of hydrogen-bond donors (Lipinski definition) is 1. The second kappa shape index (κ2) is 6.78. The van der Waals surface area contributed by atoms with Crippen LogP contribution in [0, 0.1) is 6.92 Å². The van der Waals surface area contributed by atoms with Gasteiger partial charge in [0.2, 0.25) is 0 Å². The zero-order chi connectivity index (χ0) is 15.2. The van der Waals surface area contributed by atoms with Gasteiger partial charge in [-0.3, -0.25) is 9.78 Å². The van der Waals surface area contributed by atoms with Gasteiger partial charge in [-0.25, -0.2) is 0 Å². The van der Waals surface area contributed by atoms with Crippen LogP contribution in [0.3, 0.4) is 0 Å². The third-order valence-electron chi connectivity index (χ3n) is 2.80. The number of aryl methyl sites for hydroxylation is 1. The molecule has 1 heterocycles. The summed E-state index contributed by atoms with van der Waals surface area (Å²) >= 11 is 0. The third kappa shape index (κ3) is 4.24. The van der Waals surface area contributed by atoms with E-state index in [1.54, 1.807) is 30.3 Å². The van der Waals surface area contributed by atoms with Crippen LogP contribution >= 0.6 is 0 Å². The Morgan fingerprint density at radius 1 is 1.29 bits per heavy atom. The number of pyridine rings is 1. The molecule has 21 heavy (non-hydrogen) atoms. The van der Waals surface area contributed by atoms with Crippen molar-refractivity contribution in [2.45, 2.75) is 20.1 Å². The van der Waals surface area contributed by atoms with Gasteiger partial charge in [0.05, 0.1) is 5.56 Å². The van der Waals surface area contributed by atoms with Crippen molar-refractivity contribution < 1.29 is 18.3 Å². The molecule has 1 aromatic heterocycles. The maximum absolute atomic E-state index is 12.3. The fourth-order valence-electron chi connectivity index (χ4n) is 1.74. The van der Waals surface area contributed by atoms with Crippen LogP contribution in [0.2, 0.25) is 0 Å². The van der Waals surface area contributed by atoms with E-state index in [0.29, 0.717) is 11.1 Å². The molecule has 0 radical (unpaired) electrons. The first kappa shape index (κ1) is 14.9. The Morgan fingerprint density at radius 2 is 2.05 bits per heavy atom. The Labute approximate surface area is 120 Å². The Hall–Kier alpha value is -2.50. The molecule has 0 spiro atoms. The number of alkyl halides is 2. The number of ether oxygens (including phenoxy) is 1. The number of hydrogen-bond acceptors (Lipinski definition) is 3. The number of rotatable bonds is 5. The number of nitrogens with zero attached hydrogens (tertiary/aromatic N) is 1. The fourth-order valence-corrected chi connectivity index (χ4v) is 1.74. The summed E-state index contributed by atoms with van der Waals surface area (Å²) in [7, 11) is 0. The number of para-hydroxylation sites is 1. The van der Waals surface area contributed by atoms with Crippen molar-refractivity contribution in [3.05, 3.63) is 59.4 Å². The highest BCUT2D eigenvalue weighted by Crippen LogP contribution is 2.20. The molecule has 1 aromatic carbocycles. The summed E-state index contributed by atoms with van der Waals surface area (Å²) < 4.78 is 29.0.